The van der Waals surface area contributed by atoms with Crippen LogP contribution < -0.4 is 10.2 Å². The number of ether oxygens (including phenoxy) is 1. The summed E-state index contributed by atoms with van der Waals surface area (Å²) >= 11 is 0. The molecule has 2 aliphatic carbocycles. The van der Waals surface area contributed by atoms with Crippen molar-refractivity contribution in [2.75, 3.05) is 77.5 Å². The number of hydrogen-bond acceptors (Lipinski definition) is 8. The van der Waals surface area contributed by atoms with Crippen molar-refractivity contribution < 1.29 is 35.9 Å². The maximum atomic E-state index is 16.4. The Bertz CT molecular complexity index is 1990. The highest BCUT2D eigenvalue weighted by Crippen LogP contribution is 2.77. The quantitative estimate of drug-likeness (QED) is 0.267. The molecule has 0 radical (unpaired) electrons. The zero-order valence-corrected chi connectivity index (χ0v) is 33.8. The van der Waals surface area contributed by atoms with Crippen LogP contribution in [0.2, 0.25) is 0 Å². The minimum absolute atomic E-state index is 0.00971. The molecule has 0 bridgehead atoms. The van der Waals surface area contributed by atoms with Gasteiger partial charge in [0.15, 0.2) is 15.5 Å². The first-order valence-electron chi connectivity index (χ1n) is 20.7. The highest BCUT2D eigenvalue weighted by Gasteiger charge is 2.79. The lowest BCUT2D eigenvalue weighted by Gasteiger charge is -2.55. The largest absolute Gasteiger partial charge is 0.453 e. The number of fused-ring (bicyclic) bond motifs is 1. The summed E-state index contributed by atoms with van der Waals surface area (Å²) in [4.78, 5) is 32.6. The number of anilines is 1. The number of likely N-dealkylation sites (tertiary alicyclic amines) is 3. The van der Waals surface area contributed by atoms with E-state index in [0.29, 0.717) is 38.9 Å². The van der Waals surface area contributed by atoms with Crippen molar-refractivity contribution in [2.24, 2.45) is 11.3 Å². The lowest BCUT2D eigenvalue weighted by atomic mass is 9.56. The molecular weight excluding hydrogens is 756 g/mol. The summed E-state index contributed by atoms with van der Waals surface area (Å²) in [5.74, 6) is -1.13. The Balaban J connectivity index is 0.950. The van der Waals surface area contributed by atoms with E-state index in [1.807, 2.05) is 0 Å². The highest BCUT2D eigenvalue weighted by atomic mass is 32.2. The van der Waals surface area contributed by atoms with Gasteiger partial charge in [-0.3, -0.25) is 9.69 Å². The second-order valence-electron chi connectivity index (χ2n) is 17.7. The molecule has 0 spiro atoms. The number of carbonyl (C=O) groups is 2. The second kappa shape index (κ2) is 15.2. The Morgan fingerprint density at radius 2 is 1.74 bits per heavy atom. The molecule has 8 rings (SSSR count). The fourth-order valence-corrected chi connectivity index (χ4v) is 13.5. The highest BCUT2D eigenvalue weighted by molar-refractivity contribution is 7.92. The van der Waals surface area contributed by atoms with Gasteiger partial charge < -0.3 is 24.8 Å². The number of hydrogen-bond donors (Lipinski definition) is 1. The summed E-state index contributed by atoms with van der Waals surface area (Å²) < 4.78 is 79.4. The van der Waals surface area contributed by atoms with Gasteiger partial charge in [-0.25, -0.2) is 26.4 Å². The van der Waals surface area contributed by atoms with E-state index in [0.717, 1.165) is 76.2 Å². The molecule has 4 aliphatic heterocycles. The lowest BCUT2D eigenvalue weighted by Crippen LogP contribution is -2.65. The number of alkyl halides is 1. The summed E-state index contributed by atoms with van der Waals surface area (Å²) in [5, 5.41) is 2.41. The number of amides is 2. The maximum Gasteiger partial charge on any atom is 0.407 e. The van der Waals surface area contributed by atoms with Gasteiger partial charge in [-0.05, 0) is 125 Å². The van der Waals surface area contributed by atoms with E-state index in [2.05, 4.69) is 27.8 Å². The third-order valence-corrected chi connectivity index (χ3v) is 16.8. The molecule has 14 heteroatoms. The molecule has 6 fully saturated rings. The Morgan fingerprint density at radius 3 is 2.40 bits per heavy atom. The molecule has 4 saturated heterocycles. The first-order valence-corrected chi connectivity index (χ1v) is 22.3. The van der Waals surface area contributed by atoms with Gasteiger partial charge in [-0.2, -0.15) is 0 Å². The molecule has 2 aromatic carbocycles. The van der Waals surface area contributed by atoms with Crippen LogP contribution in [-0.4, -0.2) is 124 Å². The first-order chi connectivity index (χ1) is 27.3. The molecule has 2 amide bonds. The number of rotatable bonds is 12. The van der Waals surface area contributed by atoms with E-state index in [1.54, 1.807) is 17.0 Å². The monoisotopic (exact) mass is 811 g/mol. The van der Waals surface area contributed by atoms with Crippen LogP contribution in [0.5, 0.6) is 0 Å². The average Bonchev–Trinajstić information content (AvgIpc) is 3.77. The van der Waals surface area contributed by atoms with Gasteiger partial charge in [0.2, 0.25) is 5.91 Å². The van der Waals surface area contributed by atoms with Crippen LogP contribution in [-0.2, 0) is 24.8 Å². The van der Waals surface area contributed by atoms with Gasteiger partial charge in [-0.15, -0.1) is 0 Å². The van der Waals surface area contributed by atoms with Crippen LogP contribution >= 0.6 is 0 Å². The number of piperidine rings is 1. The van der Waals surface area contributed by atoms with E-state index in [9.17, 15) is 18.0 Å². The smallest absolute Gasteiger partial charge is 0.407 e. The molecule has 57 heavy (non-hydrogen) atoms. The lowest BCUT2D eigenvalue weighted by molar-refractivity contribution is -0.125. The number of methoxy groups -OCH3 is 1. The minimum atomic E-state index is -3.93. The van der Waals surface area contributed by atoms with Crippen LogP contribution in [0.15, 0.2) is 60.0 Å². The SMILES string of the molecule is C=CC(=O)N1CCCC[C@H](S(=O)(=O)c2ccc(N3CC(F)(CN4CCC(C(CN5CCC5)(c5cccc(F)c5)[C@@]56CCC[C@]5(NC(=O)OC)C6)CC4)C3)c(F)c2)C1. The Hall–Kier alpha value is -3.62. The van der Waals surface area contributed by atoms with Crippen molar-refractivity contribution in [1.82, 2.24) is 20.0 Å². The predicted octanol–water partition coefficient (Wildman–Crippen LogP) is 5.86. The number of benzene rings is 2. The van der Waals surface area contributed by atoms with Crippen molar-refractivity contribution in [3.63, 3.8) is 0 Å². The summed E-state index contributed by atoms with van der Waals surface area (Å²) in [6.45, 7) is 8.27. The van der Waals surface area contributed by atoms with Crippen LogP contribution in [0.25, 0.3) is 0 Å². The summed E-state index contributed by atoms with van der Waals surface area (Å²) in [6, 6.07) is 10.9. The Kier molecular flexibility index (Phi) is 10.7. The van der Waals surface area contributed by atoms with Gasteiger partial charge in [0.1, 0.15) is 11.6 Å². The molecule has 2 aromatic rings. The van der Waals surface area contributed by atoms with Crippen LogP contribution in [0.3, 0.4) is 0 Å². The molecule has 310 valence electrons. The van der Waals surface area contributed by atoms with Gasteiger partial charge in [0.05, 0.1) is 41.6 Å². The summed E-state index contributed by atoms with van der Waals surface area (Å²) in [7, 11) is -2.53. The van der Waals surface area contributed by atoms with Crippen LogP contribution in [0, 0.1) is 23.0 Å². The van der Waals surface area contributed by atoms with Crippen LogP contribution in [0.1, 0.15) is 69.8 Å². The molecule has 10 nitrogen and oxygen atoms in total. The maximum absolute atomic E-state index is 16.4. The van der Waals surface area contributed by atoms with Gasteiger partial charge in [0.25, 0.3) is 0 Å². The molecule has 4 atom stereocenters. The van der Waals surface area contributed by atoms with Gasteiger partial charge in [0, 0.05) is 37.0 Å². The zero-order chi connectivity index (χ0) is 40.2. The first kappa shape index (κ1) is 40.2. The van der Waals surface area contributed by atoms with E-state index >= 15 is 13.2 Å². The van der Waals surface area contributed by atoms with E-state index in [4.69, 9.17) is 4.74 Å². The molecule has 4 heterocycles. The molecule has 2 saturated carbocycles. The number of nitrogens with zero attached hydrogens (tertiary/aromatic N) is 4. The van der Waals surface area contributed by atoms with Crippen molar-refractivity contribution in [3.05, 3.63) is 72.3 Å². The molecule has 6 aliphatic rings. The topological polar surface area (TPSA) is 103 Å². The van der Waals surface area contributed by atoms with E-state index < -0.39 is 43.6 Å². The van der Waals surface area contributed by atoms with Gasteiger partial charge >= 0.3 is 6.09 Å². The number of alkyl carbamates (subject to hydrolysis) is 1. The van der Waals surface area contributed by atoms with Gasteiger partial charge in [-0.1, -0.05) is 31.6 Å². The Labute approximate surface area is 334 Å². The third kappa shape index (κ3) is 7.04. The second-order valence-corrected chi connectivity index (χ2v) is 20.0. The predicted molar refractivity (Wildman–Crippen MR) is 212 cm³/mol. The fourth-order valence-electron chi connectivity index (χ4n) is 11.7. The van der Waals surface area contributed by atoms with Crippen molar-refractivity contribution >= 4 is 27.5 Å². The summed E-state index contributed by atoms with van der Waals surface area (Å²) in [6.07, 6.45) is 8.74. The summed E-state index contributed by atoms with van der Waals surface area (Å²) in [5.41, 5.74) is -1.49. The van der Waals surface area contributed by atoms with Crippen molar-refractivity contribution in [2.45, 2.75) is 91.0 Å². The standard InChI is InChI=1S/C43H56F3N5O5S/c1-3-38(52)50-20-5-4-11-35(25-50)57(54,55)34-12-13-37(36(45)24-34)51-28-40(46,29-51)27-49-21-14-31(15-22-49)43(30-48-18-8-19-48,32-9-6-10-33(44)23-32)41-16-7-17-42(41,26-41)47-39(53)56-2/h3,6,9-10,12-13,23-24,31,35H,1,4-5,7-8,11,14-22,25-30H2,2H3,(H,47,53)/t35-,41+,42-,43?/m0/s1. The zero-order valence-electron chi connectivity index (χ0n) is 33.0. The van der Waals surface area contributed by atoms with E-state index in [-0.39, 0.29) is 59.8 Å². The van der Waals surface area contributed by atoms with Crippen molar-refractivity contribution in [1.29, 1.82) is 0 Å². The number of halogens is 3. The number of sulfone groups is 1. The minimum Gasteiger partial charge on any atom is -0.453 e. The van der Waals surface area contributed by atoms with E-state index in [1.165, 1.54) is 36.3 Å². The molecule has 1 unspecified atom stereocenters. The van der Waals surface area contributed by atoms with Crippen LogP contribution in [0.4, 0.5) is 23.7 Å². The molecular formula is C43H56F3N5O5S. The third-order valence-electron chi connectivity index (χ3n) is 14.6. The number of carbonyl (C=O) groups excluding carboxylic acids is 2. The fraction of sp³-hybridized carbons (Fsp3) is 0.628. The Morgan fingerprint density at radius 1 is 0.965 bits per heavy atom. The number of nitrogens with one attached hydrogen (secondary N) is 1. The van der Waals surface area contributed by atoms with Crippen molar-refractivity contribution in [3.8, 4) is 0 Å². The average molecular weight is 812 g/mol. The normalized spacial score (nSPS) is 28.9. The molecule has 1 N–H and O–H groups in total. The molecule has 0 aromatic heterocycles.